The van der Waals surface area contributed by atoms with Crippen molar-refractivity contribution in [3.63, 3.8) is 0 Å². The molecule has 0 radical (unpaired) electrons. The van der Waals surface area contributed by atoms with Gasteiger partial charge in [-0.05, 0) is 165 Å². The van der Waals surface area contributed by atoms with Gasteiger partial charge >= 0.3 is 0 Å². The van der Waals surface area contributed by atoms with Crippen LogP contribution in [0.3, 0.4) is 0 Å². The van der Waals surface area contributed by atoms with Crippen molar-refractivity contribution in [2.45, 2.75) is 137 Å². The summed E-state index contributed by atoms with van der Waals surface area (Å²) < 4.78 is 38.8. The predicted molar refractivity (Wildman–Crippen MR) is 276 cm³/mol. The number of rotatable bonds is 9. The van der Waals surface area contributed by atoms with E-state index in [0.717, 1.165) is 103 Å². The van der Waals surface area contributed by atoms with Crippen LogP contribution in [0.1, 0.15) is 140 Å². The molecule has 12 rings (SSSR count). The summed E-state index contributed by atoms with van der Waals surface area (Å²) in [7, 11) is 0. The number of carbonyl (C=O) groups excluding carboxylic acids is 3. The first-order valence-corrected chi connectivity index (χ1v) is 25.7. The van der Waals surface area contributed by atoms with E-state index in [4.69, 9.17) is 17.2 Å². The van der Waals surface area contributed by atoms with E-state index in [9.17, 15) is 27.6 Å². The molecule has 6 aliphatic rings. The summed E-state index contributed by atoms with van der Waals surface area (Å²) in [5, 5.41) is 0. The third-order valence-corrected chi connectivity index (χ3v) is 16.6. The molecule has 6 aromatic heterocycles. The fourth-order valence-electron chi connectivity index (χ4n) is 11.3. The first kappa shape index (κ1) is 51.0. The quantitative estimate of drug-likeness (QED) is 0.116. The average molecular weight is 1020 g/mol. The van der Waals surface area contributed by atoms with E-state index in [2.05, 4.69) is 29.9 Å². The fourth-order valence-corrected chi connectivity index (χ4v) is 11.3. The Bertz CT molecular complexity index is 2890. The third kappa shape index (κ3) is 10.7. The number of hydrogen-bond donors (Lipinski definition) is 3. The van der Waals surface area contributed by atoms with Crippen molar-refractivity contribution < 1.29 is 27.6 Å². The molecule has 75 heavy (non-hydrogen) atoms. The topological polar surface area (TPSA) is 216 Å². The van der Waals surface area contributed by atoms with Crippen LogP contribution in [0.4, 0.5) is 30.6 Å². The molecule has 0 aromatic carbocycles. The normalized spacial score (nSPS) is 21.3. The number of hydrogen-bond acceptors (Lipinski definition) is 12. The van der Waals surface area contributed by atoms with Gasteiger partial charge in [-0.3, -0.25) is 14.4 Å². The van der Waals surface area contributed by atoms with Crippen LogP contribution in [0.5, 0.6) is 0 Å². The molecule has 6 N–H and O–H groups in total. The molecule has 3 fully saturated rings. The van der Waals surface area contributed by atoms with E-state index in [1.54, 1.807) is 36.8 Å². The second-order valence-electron chi connectivity index (χ2n) is 21.4. The van der Waals surface area contributed by atoms with Gasteiger partial charge in [0.2, 0.25) is 35.6 Å². The Balaban J connectivity index is 0.000000128. The lowest BCUT2D eigenvalue weighted by Gasteiger charge is -2.15. The lowest BCUT2D eigenvalue weighted by atomic mass is 10.0. The van der Waals surface area contributed by atoms with Crippen LogP contribution in [0, 0.1) is 77.1 Å². The monoisotopic (exact) mass is 1020 g/mol. The minimum atomic E-state index is -0.469. The van der Waals surface area contributed by atoms with E-state index >= 15 is 0 Å². The van der Waals surface area contributed by atoms with Crippen molar-refractivity contribution in [3.05, 3.63) is 157 Å². The maximum absolute atomic E-state index is 12.9. The van der Waals surface area contributed by atoms with Gasteiger partial charge in [-0.1, -0.05) is 18.2 Å². The number of nitrogens with zero attached hydrogens (tertiary/aromatic N) is 9. The Kier molecular flexibility index (Phi) is 13.8. The molecule has 0 bridgehead atoms. The van der Waals surface area contributed by atoms with Crippen molar-refractivity contribution in [3.8, 4) is 0 Å². The third-order valence-electron chi connectivity index (χ3n) is 16.6. The van der Waals surface area contributed by atoms with Gasteiger partial charge in [0.15, 0.2) is 0 Å². The number of carbonyl (C=O) groups is 3. The fraction of sp³-hybridized carbons (Fsp3) is 0.421. The number of nitrogen functional groups attached to an aromatic ring is 3. The highest BCUT2D eigenvalue weighted by Crippen LogP contribution is 2.52. The molecule has 0 spiro atoms. The van der Waals surface area contributed by atoms with E-state index in [0.29, 0.717) is 111 Å². The summed E-state index contributed by atoms with van der Waals surface area (Å²) in [6.45, 7) is 15.4. The summed E-state index contributed by atoms with van der Waals surface area (Å²) in [6, 6.07) is 9.44. The molecule has 6 aromatic rings. The molecule has 18 heteroatoms. The van der Waals surface area contributed by atoms with Crippen LogP contribution < -0.4 is 17.2 Å². The van der Waals surface area contributed by atoms with Crippen LogP contribution in [-0.4, -0.2) is 62.3 Å². The number of amides is 3. The molecule has 6 atom stereocenters. The van der Waals surface area contributed by atoms with E-state index < -0.39 is 17.8 Å². The van der Waals surface area contributed by atoms with Crippen molar-refractivity contribution in [2.24, 2.45) is 17.8 Å². The second kappa shape index (κ2) is 20.3. The molecule has 390 valence electrons. The van der Waals surface area contributed by atoms with Crippen LogP contribution in [0.15, 0.2) is 55.0 Å². The number of halogens is 3. The van der Waals surface area contributed by atoms with Gasteiger partial charge in [0.1, 0.15) is 17.5 Å². The van der Waals surface area contributed by atoms with Gasteiger partial charge in [0, 0.05) is 111 Å². The number of aryl methyl sites for hydroxylation is 3. The largest absolute Gasteiger partial charge is 0.383 e. The molecule has 3 amide bonds. The zero-order chi connectivity index (χ0) is 53.1. The van der Waals surface area contributed by atoms with E-state index in [1.165, 1.54) is 18.2 Å². The van der Waals surface area contributed by atoms with Gasteiger partial charge in [0.25, 0.3) is 0 Å². The smallest absolute Gasteiger partial charge is 0.223 e. The second-order valence-corrected chi connectivity index (χ2v) is 21.4. The average Bonchev–Trinajstić information content (AvgIpc) is 4.32. The van der Waals surface area contributed by atoms with Crippen molar-refractivity contribution in [2.75, 3.05) is 17.2 Å². The van der Waals surface area contributed by atoms with Crippen molar-refractivity contribution in [1.29, 1.82) is 0 Å². The highest BCUT2D eigenvalue weighted by molar-refractivity contribution is 5.80. The highest BCUT2D eigenvalue weighted by Gasteiger charge is 2.44. The summed E-state index contributed by atoms with van der Waals surface area (Å²) >= 11 is 0. The molecule has 3 saturated carbocycles. The molecule has 4 unspecified atom stereocenters. The minimum Gasteiger partial charge on any atom is -0.383 e. The Labute approximate surface area is 434 Å². The molecular weight excluding hydrogens is 958 g/mol. The Morgan fingerprint density at radius 1 is 0.440 bits per heavy atom. The summed E-state index contributed by atoms with van der Waals surface area (Å²) in [5.41, 5.74) is 33.8. The van der Waals surface area contributed by atoms with E-state index in [-0.39, 0.29) is 17.7 Å². The lowest BCUT2D eigenvalue weighted by molar-refractivity contribution is -0.133. The Hall–Kier alpha value is -7.50. The number of pyridine rings is 6. The molecule has 9 heterocycles. The maximum atomic E-state index is 12.9. The van der Waals surface area contributed by atoms with Gasteiger partial charge < -0.3 is 31.9 Å². The highest BCUT2D eigenvalue weighted by atomic mass is 19.1. The number of fused-ring (bicyclic) bond motifs is 3. The Morgan fingerprint density at radius 3 is 0.933 bits per heavy atom. The first-order valence-electron chi connectivity index (χ1n) is 25.7. The Morgan fingerprint density at radius 2 is 0.693 bits per heavy atom. The molecule has 3 aliphatic carbocycles. The first-order chi connectivity index (χ1) is 35.8. The lowest BCUT2D eigenvalue weighted by Crippen LogP contribution is -2.25. The zero-order valence-electron chi connectivity index (χ0n) is 43.3. The predicted octanol–water partition coefficient (Wildman–Crippen LogP) is 8.55. The van der Waals surface area contributed by atoms with Gasteiger partial charge in [0.05, 0.1) is 0 Å². The van der Waals surface area contributed by atoms with Gasteiger partial charge in [-0.15, -0.1) is 0 Å². The summed E-state index contributed by atoms with van der Waals surface area (Å²) in [6.07, 6.45) is 9.16. The zero-order valence-corrected chi connectivity index (χ0v) is 43.3. The van der Waals surface area contributed by atoms with Crippen molar-refractivity contribution >= 4 is 35.2 Å². The molecule has 0 saturated heterocycles. The molecule has 3 aliphatic heterocycles. The van der Waals surface area contributed by atoms with Crippen LogP contribution in [-0.2, 0) is 53.7 Å². The standard InChI is InChI=1S/3C19H21FN4O/c3*1-10-11(2)23-19(21)16-9-24(8-15(10)16)18(25)6-13-5-14(13)12-3-4-17(20)22-7-12/h3*3-4,7,13-14H,5-6,8-9H2,1-2H3,(H2,21,23)/t13-,14-;;/m0../s1. The number of nitrogens with two attached hydrogens (primary N) is 3. The van der Waals surface area contributed by atoms with Crippen LogP contribution in [0.25, 0.3) is 0 Å². The maximum Gasteiger partial charge on any atom is 0.223 e. The van der Waals surface area contributed by atoms with Crippen LogP contribution in [0.2, 0.25) is 0 Å². The van der Waals surface area contributed by atoms with Crippen molar-refractivity contribution in [1.82, 2.24) is 44.6 Å². The van der Waals surface area contributed by atoms with Gasteiger partial charge in [-0.25, -0.2) is 29.9 Å². The van der Waals surface area contributed by atoms with Gasteiger partial charge in [-0.2, -0.15) is 13.2 Å². The molecular formula is C57H63F3N12O3. The minimum absolute atomic E-state index is 0.148. The number of anilines is 3. The van der Waals surface area contributed by atoms with Crippen LogP contribution >= 0.6 is 0 Å². The molecule has 15 nitrogen and oxygen atoms in total. The SMILES string of the molecule is Cc1nc(N)c2c(c1C)CN(C(=O)CC1CC1c1ccc(F)nc1)C2.Cc1nc(N)c2c(c1C)CN(C(=O)CC1CC1c1ccc(F)nc1)C2.Cc1nc(N)c2c(c1C)CN(C(=O)C[C@@H]1C[C@H]1c1ccc(F)nc1)C2. The number of aromatic nitrogens is 6. The summed E-state index contributed by atoms with van der Waals surface area (Å²) in [5.74, 6) is 2.57. The summed E-state index contributed by atoms with van der Waals surface area (Å²) in [4.78, 5) is 67.9. The van der Waals surface area contributed by atoms with E-state index in [1.807, 2.05) is 56.2 Å².